The van der Waals surface area contributed by atoms with Crippen LogP contribution in [0.15, 0.2) is 54.9 Å². The minimum atomic E-state index is -0.0921. The van der Waals surface area contributed by atoms with E-state index in [2.05, 4.69) is 35.8 Å². The summed E-state index contributed by atoms with van der Waals surface area (Å²) in [6.07, 6.45) is 3.94. The molecule has 1 heterocycles. The zero-order chi connectivity index (χ0) is 14.1. The van der Waals surface area contributed by atoms with Crippen LogP contribution in [0.3, 0.4) is 0 Å². The number of fused-ring (bicyclic) bond motifs is 1. The summed E-state index contributed by atoms with van der Waals surface area (Å²) in [6, 6.07) is 13.5. The van der Waals surface area contributed by atoms with Crippen LogP contribution in [0.4, 0.5) is 0 Å². The molecule has 3 heteroatoms. The van der Waals surface area contributed by atoms with E-state index >= 15 is 0 Å². The molecule has 0 spiro atoms. The maximum Gasteiger partial charge on any atom is 0.177 e. The minimum absolute atomic E-state index is 0.0891. The fraction of sp³-hybridized carbons (Fsp3) is 0.118. The Labute approximate surface area is 117 Å². The Balaban J connectivity index is 1.96. The summed E-state index contributed by atoms with van der Waals surface area (Å²) in [6.45, 7) is 2.85. The Morgan fingerprint density at radius 1 is 0.900 bits per heavy atom. The van der Waals surface area contributed by atoms with Crippen molar-refractivity contribution in [3.05, 3.63) is 66.0 Å². The molecule has 20 heavy (non-hydrogen) atoms. The summed E-state index contributed by atoms with van der Waals surface area (Å²) >= 11 is 0. The summed E-state index contributed by atoms with van der Waals surface area (Å²) in [5.74, 6) is -0.181. The lowest BCUT2D eigenvalue weighted by Gasteiger charge is -2.02. The highest BCUT2D eigenvalue weighted by Gasteiger charge is 2.08. The summed E-state index contributed by atoms with van der Waals surface area (Å²) < 4.78 is 2.06. The first-order chi connectivity index (χ1) is 9.61. The summed E-state index contributed by atoms with van der Waals surface area (Å²) in [4.78, 5) is 0. The van der Waals surface area contributed by atoms with Crippen LogP contribution in [0.2, 0.25) is 0 Å². The molecule has 0 aliphatic carbocycles. The quantitative estimate of drug-likeness (QED) is 0.553. The number of benzene rings is 2. The van der Waals surface area contributed by atoms with Crippen LogP contribution in [0.1, 0.15) is 11.1 Å². The van der Waals surface area contributed by atoms with Gasteiger partial charge in [0.15, 0.2) is 30.4 Å². The lowest BCUT2D eigenvalue weighted by molar-refractivity contribution is -0.687. The van der Waals surface area contributed by atoms with Gasteiger partial charge in [0.05, 0.1) is 0 Å². The Bertz CT molecular complexity index is 764. The van der Waals surface area contributed by atoms with Crippen molar-refractivity contribution in [3.8, 4) is 11.5 Å². The predicted molar refractivity (Wildman–Crippen MR) is 77.8 cm³/mol. The van der Waals surface area contributed by atoms with Gasteiger partial charge < -0.3 is 10.2 Å². The molecule has 0 saturated heterocycles. The summed E-state index contributed by atoms with van der Waals surface area (Å²) in [5.41, 5.74) is 2.47. The molecule has 0 unspecified atom stereocenters. The zero-order valence-electron chi connectivity index (χ0n) is 11.2. The maximum atomic E-state index is 9.57. The van der Waals surface area contributed by atoms with Crippen molar-refractivity contribution >= 4 is 10.8 Å². The Morgan fingerprint density at radius 2 is 1.55 bits per heavy atom. The zero-order valence-corrected chi connectivity index (χ0v) is 11.2. The fourth-order valence-corrected chi connectivity index (χ4v) is 2.27. The highest BCUT2D eigenvalue weighted by molar-refractivity contribution is 5.84. The Kier molecular flexibility index (Phi) is 3.03. The van der Waals surface area contributed by atoms with E-state index in [1.807, 2.05) is 18.5 Å². The van der Waals surface area contributed by atoms with Gasteiger partial charge in [-0.2, -0.15) is 0 Å². The summed E-state index contributed by atoms with van der Waals surface area (Å²) in [7, 11) is 0. The molecule has 0 fully saturated rings. The van der Waals surface area contributed by atoms with Gasteiger partial charge in [-0.1, -0.05) is 29.8 Å². The lowest BCUT2D eigenvalue weighted by atomic mass is 10.1. The van der Waals surface area contributed by atoms with Crippen molar-refractivity contribution < 1.29 is 14.8 Å². The van der Waals surface area contributed by atoms with Gasteiger partial charge in [-0.05, 0) is 24.4 Å². The number of hydrogen-bond donors (Lipinski definition) is 2. The molecule has 0 amide bonds. The standard InChI is InChI=1S/C17H15NO2/c1-12-2-4-13(5-3-12)10-18-7-6-14-8-16(19)17(20)9-15(14)11-18/h2-9,11,20H,10H2,1H3/p+1. The van der Waals surface area contributed by atoms with Crippen LogP contribution in [0, 0.1) is 6.92 Å². The first-order valence-corrected chi connectivity index (χ1v) is 6.52. The number of nitrogens with zero attached hydrogens (tertiary/aromatic N) is 1. The molecule has 100 valence electrons. The predicted octanol–water partition coefficient (Wildman–Crippen LogP) is 2.90. The van der Waals surface area contributed by atoms with Crippen molar-refractivity contribution in [2.45, 2.75) is 13.5 Å². The van der Waals surface area contributed by atoms with Gasteiger partial charge in [-0.3, -0.25) is 0 Å². The molecule has 1 aromatic heterocycles. The minimum Gasteiger partial charge on any atom is -0.504 e. The molecule has 0 aliphatic rings. The molecule has 0 saturated carbocycles. The molecule has 3 aromatic rings. The van der Waals surface area contributed by atoms with Gasteiger partial charge in [0.1, 0.15) is 0 Å². The Morgan fingerprint density at radius 3 is 2.25 bits per heavy atom. The van der Waals surface area contributed by atoms with Crippen LogP contribution in [0.25, 0.3) is 10.8 Å². The van der Waals surface area contributed by atoms with Crippen molar-refractivity contribution in [1.82, 2.24) is 0 Å². The second-order valence-corrected chi connectivity index (χ2v) is 5.07. The highest BCUT2D eigenvalue weighted by atomic mass is 16.3. The van der Waals surface area contributed by atoms with E-state index in [0.29, 0.717) is 0 Å². The SMILES string of the molecule is Cc1ccc(C[n+]2ccc3cc(O)c(O)cc3c2)cc1. The number of phenolic OH excluding ortho intramolecular Hbond substituents is 2. The van der Waals surface area contributed by atoms with Crippen LogP contribution in [-0.4, -0.2) is 10.2 Å². The molecule has 2 N–H and O–H groups in total. The molecular weight excluding hydrogens is 250 g/mol. The van der Waals surface area contributed by atoms with Crippen LogP contribution in [-0.2, 0) is 6.54 Å². The number of aromatic nitrogens is 1. The number of pyridine rings is 1. The average Bonchev–Trinajstić information content (AvgIpc) is 2.43. The molecule has 3 rings (SSSR count). The highest BCUT2D eigenvalue weighted by Crippen LogP contribution is 2.29. The number of phenols is 2. The normalized spacial score (nSPS) is 10.8. The molecule has 0 bridgehead atoms. The number of aromatic hydroxyl groups is 2. The van der Waals surface area contributed by atoms with Crippen molar-refractivity contribution in [2.24, 2.45) is 0 Å². The average molecular weight is 266 g/mol. The first-order valence-electron chi connectivity index (χ1n) is 6.52. The van der Waals surface area contributed by atoms with Gasteiger partial charge in [-0.25, -0.2) is 4.57 Å². The van der Waals surface area contributed by atoms with E-state index in [4.69, 9.17) is 0 Å². The number of rotatable bonds is 2. The van der Waals surface area contributed by atoms with E-state index in [9.17, 15) is 10.2 Å². The largest absolute Gasteiger partial charge is 0.504 e. The third-order valence-electron chi connectivity index (χ3n) is 3.42. The number of hydrogen-bond acceptors (Lipinski definition) is 2. The van der Waals surface area contributed by atoms with Crippen molar-refractivity contribution in [3.63, 3.8) is 0 Å². The van der Waals surface area contributed by atoms with E-state index in [0.717, 1.165) is 17.3 Å². The van der Waals surface area contributed by atoms with Crippen LogP contribution < -0.4 is 4.57 Å². The topological polar surface area (TPSA) is 44.3 Å². The molecular formula is C17H16NO2+. The van der Waals surface area contributed by atoms with Gasteiger partial charge in [0.25, 0.3) is 0 Å². The lowest BCUT2D eigenvalue weighted by Crippen LogP contribution is -2.33. The van der Waals surface area contributed by atoms with Crippen molar-refractivity contribution in [1.29, 1.82) is 0 Å². The van der Waals surface area contributed by atoms with Gasteiger partial charge in [0, 0.05) is 17.0 Å². The van der Waals surface area contributed by atoms with E-state index in [-0.39, 0.29) is 11.5 Å². The molecule has 0 radical (unpaired) electrons. The maximum absolute atomic E-state index is 9.57. The smallest absolute Gasteiger partial charge is 0.177 e. The fourth-order valence-electron chi connectivity index (χ4n) is 2.27. The van der Waals surface area contributed by atoms with Crippen LogP contribution in [0.5, 0.6) is 11.5 Å². The van der Waals surface area contributed by atoms with Gasteiger partial charge >= 0.3 is 0 Å². The van der Waals surface area contributed by atoms with E-state index in [1.54, 1.807) is 12.1 Å². The number of aryl methyl sites for hydroxylation is 1. The van der Waals surface area contributed by atoms with Gasteiger partial charge in [0.2, 0.25) is 0 Å². The molecule has 2 aromatic carbocycles. The van der Waals surface area contributed by atoms with E-state index < -0.39 is 0 Å². The van der Waals surface area contributed by atoms with Crippen molar-refractivity contribution in [2.75, 3.05) is 0 Å². The monoisotopic (exact) mass is 266 g/mol. The van der Waals surface area contributed by atoms with Gasteiger partial charge in [-0.15, -0.1) is 0 Å². The molecule has 0 aliphatic heterocycles. The first kappa shape index (κ1) is 12.5. The summed E-state index contributed by atoms with van der Waals surface area (Å²) in [5, 5.41) is 20.9. The molecule has 0 atom stereocenters. The second kappa shape index (κ2) is 4.85. The third kappa shape index (κ3) is 2.43. The van der Waals surface area contributed by atoms with E-state index in [1.165, 1.54) is 11.1 Å². The second-order valence-electron chi connectivity index (χ2n) is 5.07. The third-order valence-corrected chi connectivity index (χ3v) is 3.42. The van der Waals surface area contributed by atoms with Crippen LogP contribution >= 0.6 is 0 Å². The Hall–Kier alpha value is -2.55. The molecule has 3 nitrogen and oxygen atoms in total.